The first-order valence-electron chi connectivity index (χ1n) is 4.62. The number of thioether (sulfide) groups is 1. The molecular weight excluding hydrogens is 230 g/mol. The third kappa shape index (κ3) is 4.58. The molecule has 1 aromatic carbocycles. The van der Waals surface area contributed by atoms with Crippen molar-refractivity contribution in [3.63, 3.8) is 0 Å². The van der Waals surface area contributed by atoms with Gasteiger partial charge in [-0.15, -0.1) is 11.8 Å². The molecule has 4 heteroatoms. The predicted octanol–water partition coefficient (Wildman–Crippen LogP) is 2.66. The fourth-order valence-electron chi connectivity index (χ4n) is 1.01. The van der Waals surface area contributed by atoms with Crippen LogP contribution < -0.4 is 0 Å². The number of carbonyl (C=O) groups excluding carboxylic acids is 1. The van der Waals surface area contributed by atoms with Crippen molar-refractivity contribution in [3.05, 3.63) is 34.9 Å². The quantitative estimate of drug-likeness (QED) is 0.811. The van der Waals surface area contributed by atoms with Crippen molar-refractivity contribution in [2.75, 3.05) is 19.8 Å². The summed E-state index contributed by atoms with van der Waals surface area (Å²) < 4.78 is 0. The maximum atomic E-state index is 11.3. The fraction of sp³-hybridized carbons (Fsp3) is 0.364. The summed E-state index contributed by atoms with van der Waals surface area (Å²) in [6.07, 6.45) is 0. The first-order valence-corrected chi connectivity index (χ1v) is 6.15. The van der Waals surface area contributed by atoms with Crippen LogP contribution in [-0.2, 0) is 10.5 Å². The van der Waals surface area contributed by atoms with Crippen LogP contribution in [0.2, 0.25) is 5.02 Å². The Balaban J connectivity index is 2.35. The standard InChI is InChI=1S/C11H14ClNOS/c1-13(2)11(14)8-15-7-9-4-3-5-10(12)6-9/h3-6H,7-8H2,1-2H3. The zero-order valence-electron chi connectivity index (χ0n) is 8.87. The summed E-state index contributed by atoms with van der Waals surface area (Å²) in [4.78, 5) is 12.9. The van der Waals surface area contributed by atoms with E-state index in [-0.39, 0.29) is 5.91 Å². The second kappa shape index (κ2) is 6.03. The number of nitrogens with zero attached hydrogens (tertiary/aromatic N) is 1. The highest BCUT2D eigenvalue weighted by Gasteiger charge is 2.03. The molecule has 0 saturated heterocycles. The number of carbonyl (C=O) groups is 1. The molecule has 1 aromatic rings. The first-order chi connectivity index (χ1) is 7.09. The lowest BCUT2D eigenvalue weighted by molar-refractivity contribution is -0.125. The van der Waals surface area contributed by atoms with Crippen molar-refractivity contribution < 1.29 is 4.79 Å². The smallest absolute Gasteiger partial charge is 0.232 e. The number of hydrogen-bond donors (Lipinski definition) is 0. The van der Waals surface area contributed by atoms with Gasteiger partial charge in [-0.25, -0.2) is 0 Å². The van der Waals surface area contributed by atoms with Gasteiger partial charge in [0.2, 0.25) is 5.91 Å². The minimum absolute atomic E-state index is 0.141. The molecule has 0 aliphatic heterocycles. The van der Waals surface area contributed by atoms with E-state index in [0.717, 1.165) is 16.3 Å². The molecule has 0 aromatic heterocycles. The molecule has 1 rings (SSSR count). The summed E-state index contributed by atoms with van der Waals surface area (Å²) in [5.74, 6) is 1.47. The highest BCUT2D eigenvalue weighted by molar-refractivity contribution is 7.99. The van der Waals surface area contributed by atoms with Crippen molar-refractivity contribution in [1.29, 1.82) is 0 Å². The van der Waals surface area contributed by atoms with E-state index in [0.29, 0.717) is 5.75 Å². The number of rotatable bonds is 4. The van der Waals surface area contributed by atoms with Crippen LogP contribution in [0.4, 0.5) is 0 Å². The van der Waals surface area contributed by atoms with Crippen LogP contribution in [0, 0.1) is 0 Å². The Hall–Kier alpha value is -0.670. The first kappa shape index (κ1) is 12.4. The number of amides is 1. The lowest BCUT2D eigenvalue weighted by Gasteiger charge is -2.09. The highest BCUT2D eigenvalue weighted by atomic mass is 35.5. The molecule has 0 atom stereocenters. The molecular formula is C11H14ClNOS. The third-order valence-electron chi connectivity index (χ3n) is 1.88. The fourth-order valence-corrected chi connectivity index (χ4v) is 2.18. The zero-order valence-corrected chi connectivity index (χ0v) is 10.4. The summed E-state index contributed by atoms with van der Waals surface area (Å²) in [6.45, 7) is 0. The highest BCUT2D eigenvalue weighted by Crippen LogP contribution is 2.16. The Morgan fingerprint density at radius 1 is 1.47 bits per heavy atom. The lowest BCUT2D eigenvalue weighted by Crippen LogP contribution is -2.23. The topological polar surface area (TPSA) is 20.3 Å². The largest absolute Gasteiger partial charge is 0.348 e. The molecule has 0 saturated carbocycles. The number of hydrogen-bond acceptors (Lipinski definition) is 2. The van der Waals surface area contributed by atoms with Crippen molar-refractivity contribution in [1.82, 2.24) is 4.90 Å². The Bertz CT molecular complexity index is 341. The van der Waals surface area contributed by atoms with Crippen molar-refractivity contribution in [2.45, 2.75) is 5.75 Å². The van der Waals surface area contributed by atoms with Crippen LogP contribution in [0.5, 0.6) is 0 Å². The molecule has 0 aliphatic carbocycles. The van der Waals surface area contributed by atoms with E-state index < -0.39 is 0 Å². The molecule has 15 heavy (non-hydrogen) atoms. The molecule has 0 spiro atoms. The summed E-state index contributed by atoms with van der Waals surface area (Å²) in [5, 5.41) is 0.743. The van der Waals surface area contributed by atoms with Crippen LogP contribution in [0.1, 0.15) is 5.56 Å². The average Bonchev–Trinajstić information content (AvgIpc) is 2.17. The number of halogens is 1. The van der Waals surface area contributed by atoms with Gasteiger partial charge in [0.1, 0.15) is 0 Å². The van der Waals surface area contributed by atoms with Gasteiger partial charge in [0.25, 0.3) is 0 Å². The monoisotopic (exact) mass is 243 g/mol. The van der Waals surface area contributed by atoms with Gasteiger partial charge in [-0.3, -0.25) is 4.79 Å². The Morgan fingerprint density at radius 2 is 2.20 bits per heavy atom. The third-order valence-corrected chi connectivity index (χ3v) is 3.11. The Kier molecular flexibility index (Phi) is 4.99. The Morgan fingerprint density at radius 3 is 2.80 bits per heavy atom. The second-order valence-corrected chi connectivity index (χ2v) is 4.83. The molecule has 0 bridgehead atoms. The van der Waals surface area contributed by atoms with Crippen molar-refractivity contribution >= 4 is 29.3 Å². The van der Waals surface area contributed by atoms with Gasteiger partial charge in [-0.1, -0.05) is 23.7 Å². The lowest BCUT2D eigenvalue weighted by atomic mass is 10.2. The molecule has 0 unspecified atom stereocenters. The summed E-state index contributed by atoms with van der Waals surface area (Å²) in [6, 6.07) is 7.71. The minimum atomic E-state index is 0.141. The predicted molar refractivity (Wildman–Crippen MR) is 66.3 cm³/mol. The molecule has 0 N–H and O–H groups in total. The molecule has 82 valence electrons. The van der Waals surface area contributed by atoms with Crippen molar-refractivity contribution in [3.8, 4) is 0 Å². The van der Waals surface area contributed by atoms with Crippen LogP contribution in [0.25, 0.3) is 0 Å². The molecule has 1 amide bonds. The molecule has 2 nitrogen and oxygen atoms in total. The van der Waals surface area contributed by atoms with Gasteiger partial charge >= 0.3 is 0 Å². The van der Waals surface area contributed by atoms with E-state index in [1.54, 1.807) is 30.8 Å². The molecule has 0 heterocycles. The summed E-state index contributed by atoms with van der Waals surface area (Å²) in [5.41, 5.74) is 1.15. The Labute approximate surface area is 99.6 Å². The number of benzene rings is 1. The molecule has 0 radical (unpaired) electrons. The van der Waals surface area contributed by atoms with E-state index in [9.17, 15) is 4.79 Å². The molecule has 0 aliphatic rings. The van der Waals surface area contributed by atoms with Gasteiger partial charge in [0.15, 0.2) is 0 Å². The summed E-state index contributed by atoms with van der Waals surface area (Å²) in [7, 11) is 3.53. The van der Waals surface area contributed by atoms with Gasteiger partial charge < -0.3 is 4.90 Å². The average molecular weight is 244 g/mol. The van der Waals surface area contributed by atoms with E-state index in [2.05, 4.69) is 0 Å². The van der Waals surface area contributed by atoms with Gasteiger partial charge in [-0.2, -0.15) is 0 Å². The second-order valence-electron chi connectivity index (χ2n) is 3.41. The van der Waals surface area contributed by atoms with Gasteiger partial charge in [0, 0.05) is 24.9 Å². The zero-order chi connectivity index (χ0) is 11.3. The maximum Gasteiger partial charge on any atom is 0.232 e. The SMILES string of the molecule is CN(C)C(=O)CSCc1cccc(Cl)c1. The maximum absolute atomic E-state index is 11.3. The van der Waals surface area contributed by atoms with Crippen LogP contribution >= 0.6 is 23.4 Å². The van der Waals surface area contributed by atoms with Gasteiger partial charge in [-0.05, 0) is 17.7 Å². The van der Waals surface area contributed by atoms with E-state index in [1.807, 2.05) is 24.3 Å². The van der Waals surface area contributed by atoms with Crippen molar-refractivity contribution in [2.24, 2.45) is 0 Å². The summed E-state index contributed by atoms with van der Waals surface area (Å²) >= 11 is 7.45. The van der Waals surface area contributed by atoms with Gasteiger partial charge in [0.05, 0.1) is 5.75 Å². The van der Waals surface area contributed by atoms with Crippen LogP contribution in [0.3, 0.4) is 0 Å². The van der Waals surface area contributed by atoms with E-state index in [4.69, 9.17) is 11.6 Å². The minimum Gasteiger partial charge on any atom is -0.348 e. The van der Waals surface area contributed by atoms with E-state index >= 15 is 0 Å². The van der Waals surface area contributed by atoms with Crippen LogP contribution in [0.15, 0.2) is 24.3 Å². The van der Waals surface area contributed by atoms with E-state index in [1.165, 1.54) is 0 Å². The normalized spacial score (nSPS) is 10.1. The molecule has 0 fully saturated rings. The van der Waals surface area contributed by atoms with Crippen LogP contribution in [-0.4, -0.2) is 30.7 Å².